The minimum Gasteiger partial charge on any atom is -0.339 e. The highest BCUT2D eigenvalue weighted by atomic mass is 16.5. The molecule has 0 saturated heterocycles. The largest absolute Gasteiger partial charge is 0.339 e. The van der Waals surface area contributed by atoms with E-state index in [-0.39, 0.29) is 0 Å². The molecule has 0 radical (unpaired) electrons. The van der Waals surface area contributed by atoms with Crippen molar-refractivity contribution in [3.05, 3.63) is 11.7 Å². The van der Waals surface area contributed by atoms with E-state index in [1.807, 2.05) is 0 Å². The summed E-state index contributed by atoms with van der Waals surface area (Å²) in [5.41, 5.74) is 0. The zero-order valence-electron chi connectivity index (χ0n) is 14.1. The zero-order chi connectivity index (χ0) is 15.2. The number of hydrogen-bond acceptors (Lipinski definition) is 4. The Labute approximate surface area is 129 Å². The van der Waals surface area contributed by atoms with Crippen LogP contribution in [0, 0.1) is 11.8 Å². The van der Waals surface area contributed by atoms with Crippen LogP contribution in [-0.4, -0.2) is 22.7 Å². The fraction of sp³-hybridized carbons (Fsp3) is 0.882. The van der Waals surface area contributed by atoms with Gasteiger partial charge in [-0.05, 0) is 37.6 Å². The third kappa shape index (κ3) is 5.10. The summed E-state index contributed by atoms with van der Waals surface area (Å²) in [7, 11) is 0. The molecule has 1 atom stereocenters. The van der Waals surface area contributed by atoms with Crippen molar-refractivity contribution in [2.75, 3.05) is 6.54 Å². The molecule has 1 N–H and O–H groups in total. The summed E-state index contributed by atoms with van der Waals surface area (Å²) in [6.45, 7) is 9.99. The van der Waals surface area contributed by atoms with Gasteiger partial charge in [-0.15, -0.1) is 0 Å². The van der Waals surface area contributed by atoms with Gasteiger partial charge in [0.2, 0.25) is 5.89 Å². The maximum Gasteiger partial charge on any atom is 0.228 e. The van der Waals surface area contributed by atoms with Crippen LogP contribution in [0.1, 0.15) is 77.4 Å². The highest BCUT2D eigenvalue weighted by Gasteiger charge is 2.24. The first-order chi connectivity index (χ1) is 10.1. The minimum absolute atomic E-state index is 0.440. The monoisotopic (exact) mass is 293 g/mol. The predicted octanol–water partition coefficient (Wildman–Crippen LogP) is 3.93. The lowest BCUT2D eigenvalue weighted by molar-refractivity contribution is 0.317. The Morgan fingerprint density at radius 1 is 1.24 bits per heavy atom. The summed E-state index contributed by atoms with van der Waals surface area (Å²) in [6.07, 6.45) is 7.00. The molecule has 1 fully saturated rings. The van der Waals surface area contributed by atoms with E-state index in [1.54, 1.807) is 0 Å². The summed E-state index contributed by atoms with van der Waals surface area (Å²) in [6, 6.07) is 0.440. The normalized spacial score (nSPS) is 24.4. The van der Waals surface area contributed by atoms with Gasteiger partial charge < -0.3 is 9.84 Å². The van der Waals surface area contributed by atoms with Crippen LogP contribution in [0.4, 0.5) is 0 Å². The molecular formula is C17H31N3O. The van der Waals surface area contributed by atoms with Gasteiger partial charge in [0, 0.05) is 18.4 Å². The van der Waals surface area contributed by atoms with Gasteiger partial charge in [-0.1, -0.05) is 45.7 Å². The molecule has 0 bridgehead atoms. The van der Waals surface area contributed by atoms with Crippen LogP contribution in [-0.2, 0) is 6.42 Å². The Bertz CT molecular complexity index is 408. The molecular weight excluding hydrogens is 262 g/mol. The third-order valence-corrected chi connectivity index (χ3v) is 4.53. The summed E-state index contributed by atoms with van der Waals surface area (Å²) in [5, 5.41) is 7.77. The van der Waals surface area contributed by atoms with Crippen molar-refractivity contribution in [2.45, 2.75) is 78.2 Å². The Kier molecular flexibility index (Phi) is 6.22. The second-order valence-corrected chi connectivity index (χ2v) is 7.09. The number of hydrogen-bond donors (Lipinski definition) is 1. The Morgan fingerprint density at radius 2 is 1.95 bits per heavy atom. The molecule has 1 saturated carbocycles. The van der Waals surface area contributed by atoms with Gasteiger partial charge in [-0.2, -0.15) is 4.98 Å². The van der Waals surface area contributed by atoms with Gasteiger partial charge in [0.1, 0.15) is 0 Å². The molecule has 0 spiro atoms. The molecule has 0 aromatic carbocycles. The van der Waals surface area contributed by atoms with Crippen LogP contribution in [0.15, 0.2) is 4.52 Å². The maximum atomic E-state index is 5.50. The van der Waals surface area contributed by atoms with Crippen LogP contribution in [0.3, 0.4) is 0 Å². The van der Waals surface area contributed by atoms with Crippen LogP contribution < -0.4 is 5.32 Å². The Morgan fingerprint density at radius 3 is 2.57 bits per heavy atom. The van der Waals surface area contributed by atoms with Gasteiger partial charge in [-0.25, -0.2) is 0 Å². The lowest BCUT2D eigenvalue weighted by Crippen LogP contribution is -2.32. The van der Waals surface area contributed by atoms with E-state index in [0.717, 1.165) is 37.0 Å². The van der Waals surface area contributed by atoms with E-state index in [2.05, 4.69) is 43.2 Å². The SMILES string of the molecule is CCNC(Cc1nc(C2CCC(C)CC2)no1)CC(C)C. The maximum absolute atomic E-state index is 5.50. The van der Waals surface area contributed by atoms with E-state index in [4.69, 9.17) is 4.52 Å². The molecule has 4 heteroatoms. The van der Waals surface area contributed by atoms with Crippen molar-refractivity contribution in [3.63, 3.8) is 0 Å². The summed E-state index contributed by atoms with van der Waals surface area (Å²) < 4.78 is 5.50. The van der Waals surface area contributed by atoms with Crippen molar-refractivity contribution in [1.29, 1.82) is 0 Å². The zero-order valence-corrected chi connectivity index (χ0v) is 14.1. The second kappa shape index (κ2) is 7.92. The van der Waals surface area contributed by atoms with E-state index in [0.29, 0.717) is 17.9 Å². The topological polar surface area (TPSA) is 51.0 Å². The van der Waals surface area contributed by atoms with Crippen molar-refractivity contribution in [3.8, 4) is 0 Å². The van der Waals surface area contributed by atoms with Gasteiger partial charge in [-0.3, -0.25) is 0 Å². The lowest BCUT2D eigenvalue weighted by atomic mass is 9.83. The highest BCUT2D eigenvalue weighted by molar-refractivity contribution is 4.98. The quantitative estimate of drug-likeness (QED) is 0.827. The average molecular weight is 293 g/mol. The van der Waals surface area contributed by atoms with Gasteiger partial charge in [0.15, 0.2) is 5.82 Å². The molecule has 4 nitrogen and oxygen atoms in total. The van der Waals surface area contributed by atoms with Crippen LogP contribution in [0.5, 0.6) is 0 Å². The van der Waals surface area contributed by atoms with Gasteiger partial charge >= 0.3 is 0 Å². The summed E-state index contributed by atoms with van der Waals surface area (Å²) in [5.74, 6) is 3.79. The predicted molar refractivity (Wildman–Crippen MR) is 85.3 cm³/mol. The smallest absolute Gasteiger partial charge is 0.228 e. The Hall–Kier alpha value is -0.900. The molecule has 120 valence electrons. The number of nitrogens with one attached hydrogen (secondary N) is 1. The molecule has 1 aromatic heterocycles. The van der Waals surface area contributed by atoms with Crippen LogP contribution in [0.2, 0.25) is 0 Å². The van der Waals surface area contributed by atoms with Crippen molar-refractivity contribution >= 4 is 0 Å². The van der Waals surface area contributed by atoms with Crippen LogP contribution >= 0.6 is 0 Å². The van der Waals surface area contributed by atoms with Crippen molar-refractivity contribution < 1.29 is 4.52 Å². The van der Waals surface area contributed by atoms with Gasteiger partial charge in [0.05, 0.1) is 0 Å². The molecule has 1 heterocycles. The van der Waals surface area contributed by atoms with Crippen LogP contribution in [0.25, 0.3) is 0 Å². The molecule has 1 aliphatic carbocycles. The minimum atomic E-state index is 0.440. The molecule has 2 rings (SSSR count). The van der Waals surface area contributed by atoms with Crippen molar-refractivity contribution in [2.24, 2.45) is 11.8 Å². The van der Waals surface area contributed by atoms with E-state index >= 15 is 0 Å². The molecule has 1 aromatic rings. The summed E-state index contributed by atoms with van der Waals surface area (Å²) in [4.78, 5) is 4.67. The number of nitrogens with zero attached hydrogens (tertiary/aromatic N) is 2. The van der Waals surface area contributed by atoms with Crippen molar-refractivity contribution in [1.82, 2.24) is 15.5 Å². The van der Waals surface area contributed by atoms with E-state index in [1.165, 1.54) is 25.7 Å². The molecule has 0 aliphatic heterocycles. The molecule has 21 heavy (non-hydrogen) atoms. The third-order valence-electron chi connectivity index (χ3n) is 4.53. The first kappa shape index (κ1) is 16.5. The average Bonchev–Trinajstić information content (AvgIpc) is 2.87. The Balaban J connectivity index is 1.92. The fourth-order valence-corrected chi connectivity index (χ4v) is 3.34. The number of likely N-dealkylation sites (N-methyl/N-ethyl adjacent to an activating group) is 1. The molecule has 1 aliphatic rings. The van der Waals surface area contributed by atoms with E-state index in [9.17, 15) is 0 Å². The summed E-state index contributed by atoms with van der Waals surface area (Å²) >= 11 is 0. The number of rotatable bonds is 7. The lowest BCUT2D eigenvalue weighted by Gasteiger charge is -2.23. The first-order valence-electron chi connectivity index (χ1n) is 8.64. The van der Waals surface area contributed by atoms with Gasteiger partial charge in [0.25, 0.3) is 0 Å². The van der Waals surface area contributed by atoms with E-state index < -0.39 is 0 Å². The fourth-order valence-electron chi connectivity index (χ4n) is 3.34. The number of aromatic nitrogens is 2. The highest BCUT2D eigenvalue weighted by Crippen LogP contribution is 2.34. The standard InChI is InChI=1S/C17H31N3O/c1-5-18-15(10-12(2)3)11-16-19-17(20-21-16)14-8-6-13(4)7-9-14/h12-15,18H,5-11H2,1-4H3. The molecule has 0 amide bonds. The second-order valence-electron chi connectivity index (χ2n) is 7.09. The molecule has 1 unspecified atom stereocenters. The first-order valence-corrected chi connectivity index (χ1v) is 8.64.